The molecule has 1 fully saturated rings. The molecule has 1 aromatic carbocycles. The summed E-state index contributed by atoms with van der Waals surface area (Å²) in [4.78, 5) is 4.95. The molecule has 9 heteroatoms. The molecule has 1 N–H and O–H groups in total. The lowest BCUT2D eigenvalue weighted by Gasteiger charge is -2.36. The maximum absolute atomic E-state index is 9.36. The van der Waals surface area contributed by atoms with E-state index in [9.17, 15) is 5.11 Å². The monoisotopic (exact) mass is 545 g/mol. The third-order valence-electron chi connectivity index (χ3n) is 7.44. The van der Waals surface area contributed by atoms with Crippen molar-refractivity contribution in [3.63, 3.8) is 0 Å². The quantitative estimate of drug-likeness (QED) is 0.207. The predicted molar refractivity (Wildman–Crippen MR) is 153 cm³/mol. The van der Waals surface area contributed by atoms with Gasteiger partial charge in [0.25, 0.3) is 0 Å². The minimum atomic E-state index is -1.97. The van der Waals surface area contributed by atoms with Gasteiger partial charge in [0.1, 0.15) is 16.5 Å². The van der Waals surface area contributed by atoms with Gasteiger partial charge in [0, 0.05) is 30.6 Å². The van der Waals surface area contributed by atoms with Crippen molar-refractivity contribution in [3.05, 3.63) is 29.3 Å². The summed E-state index contributed by atoms with van der Waals surface area (Å²) in [6, 6.07) is 6.36. The van der Waals surface area contributed by atoms with Crippen molar-refractivity contribution >= 4 is 30.6 Å². The summed E-state index contributed by atoms with van der Waals surface area (Å²) in [6.07, 6.45) is 5.28. The Kier molecular flexibility index (Phi) is 9.11. The van der Waals surface area contributed by atoms with Gasteiger partial charge in [-0.2, -0.15) is 5.10 Å². The van der Waals surface area contributed by atoms with Crippen LogP contribution in [0.3, 0.4) is 0 Å². The highest BCUT2D eigenvalue weighted by atomic mass is 32.1. The Bertz CT molecular complexity index is 1160. The average Bonchev–Trinajstić information content (AvgIpc) is 3.45. The second-order valence-electron chi connectivity index (χ2n) is 11.7. The van der Waals surface area contributed by atoms with Gasteiger partial charge in [-0.25, -0.2) is 9.67 Å². The molecule has 1 aliphatic heterocycles. The number of nitrogens with zero attached hydrogens (tertiary/aromatic N) is 3. The second kappa shape index (κ2) is 11.9. The summed E-state index contributed by atoms with van der Waals surface area (Å²) in [5, 5.41) is 18.7. The lowest BCUT2D eigenvalue weighted by molar-refractivity contribution is -0.0365. The molecule has 1 aliphatic rings. The summed E-state index contributed by atoms with van der Waals surface area (Å²) in [5.41, 5.74) is 3.02. The molecule has 1 unspecified atom stereocenters. The van der Waals surface area contributed by atoms with Crippen LogP contribution in [0.2, 0.25) is 18.1 Å². The molecular formula is C28H43N3O4SSi. The number of benzene rings is 1. The molecule has 3 aromatic rings. The van der Waals surface area contributed by atoms with Crippen LogP contribution in [0.25, 0.3) is 21.6 Å². The topological polar surface area (TPSA) is 78.6 Å². The Hall–Kier alpha value is -1.78. The predicted octanol–water partition coefficient (Wildman–Crippen LogP) is 6.96. The fraction of sp³-hybridized carbons (Fsp3) is 0.643. The molecule has 2 aromatic heterocycles. The van der Waals surface area contributed by atoms with E-state index in [0.717, 1.165) is 71.8 Å². The number of fused-ring (bicyclic) bond motifs is 1. The first-order valence-corrected chi connectivity index (χ1v) is 17.4. The third kappa shape index (κ3) is 7.00. The van der Waals surface area contributed by atoms with Crippen LogP contribution >= 0.6 is 11.3 Å². The van der Waals surface area contributed by atoms with Crippen LogP contribution in [-0.4, -0.2) is 54.1 Å². The van der Waals surface area contributed by atoms with Gasteiger partial charge in [0.15, 0.2) is 6.23 Å². The Morgan fingerprint density at radius 2 is 2.05 bits per heavy atom. The first kappa shape index (κ1) is 28.2. The Balaban J connectivity index is 1.58. The van der Waals surface area contributed by atoms with E-state index < -0.39 is 8.32 Å². The van der Waals surface area contributed by atoms with Gasteiger partial charge in [-0.3, -0.25) is 0 Å². The molecule has 37 heavy (non-hydrogen) atoms. The maximum atomic E-state index is 9.36. The number of aryl methyl sites for hydroxylation is 1. The normalized spacial score (nSPS) is 17.9. The Labute approximate surface area is 226 Å². The molecule has 3 heterocycles. The summed E-state index contributed by atoms with van der Waals surface area (Å²) in [5.74, 6) is 0.899. The minimum absolute atomic E-state index is 0.0459. The van der Waals surface area contributed by atoms with Crippen molar-refractivity contribution in [2.24, 2.45) is 0 Å². The van der Waals surface area contributed by atoms with Gasteiger partial charge >= 0.3 is 0 Å². The first-order valence-electron chi connectivity index (χ1n) is 13.6. The molecule has 0 saturated carbocycles. The van der Waals surface area contributed by atoms with Crippen LogP contribution in [0.15, 0.2) is 23.6 Å². The zero-order chi connectivity index (χ0) is 26.6. The van der Waals surface area contributed by atoms with Gasteiger partial charge in [0.2, 0.25) is 8.32 Å². The minimum Gasteiger partial charge on any atom is -0.543 e. The van der Waals surface area contributed by atoms with E-state index in [-0.39, 0.29) is 17.4 Å². The Morgan fingerprint density at radius 1 is 1.24 bits per heavy atom. The fourth-order valence-electron chi connectivity index (χ4n) is 4.17. The first-order chi connectivity index (χ1) is 17.5. The van der Waals surface area contributed by atoms with E-state index in [2.05, 4.69) is 62.1 Å². The van der Waals surface area contributed by atoms with E-state index in [4.69, 9.17) is 24.0 Å². The highest BCUT2D eigenvalue weighted by Gasteiger charge is 2.39. The highest BCUT2D eigenvalue weighted by molar-refractivity contribution is 7.13. The van der Waals surface area contributed by atoms with Crippen molar-refractivity contribution in [1.82, 2.24) is 14.8 Å². The van der Waals surface area contributed by atoms with Crippen LogP contribution in [-0.2, 0) is 15.9 Å². The molecule has 0 spiro atoms. The van der Waals surface area contributed by atoms with E-state index >= 15 is 0 Å². The van der Waals surface area contributed by atoms with Crippen molar-refractivity contribution in [3.8, 4) is 16.5 Å². The number of hydrogen-bond acceptors (Lipinski definition) is 7. The molecule has 1 saturated heterocycles. The molecule has 2 atom stereocenters. The van der Waals surface area contributed by atoms with Gasteiger partial charge in [-0.1, -0.05) is 20.8 Å². The SMILES string of the molecule is C[C@@H](O)CCOCCCc1csc(-c2nn(C3CCCCO3)c3ccc(O[Si](C)(C)C(C)(C)C)cc23)n1. The number of hydrogen-bond donors (Lipinski definition) is 1. The molecule has 0 bridgehead atoms. The van der Waals surface area contributed by atoms with Gasteiger partial charge in [-0.15, -0.1) is 11.3 Å². The van der Waals surface area contributed by atoms with Crippen LogP contribution in [0.4, 0.5) is 0 Å². The molecule has 0 radical (unpaired) electrons. The smallest absolute Gasteiger partial charge is 0.250 e. The zero-order valence-electron chi connectivity index (χ0n) is 23.2. The summed E-state index contributed by atoms with van der Waals surface area (Å²) in [7, 11) is -1.97. The van der Waals surface area contributed by atoms with Crippen molar-refractivity contribution in [2.75, 3.05) is 19.8 Å². The summed E-state index contributed by atoms with van der Waals surface area (Å²) in [6.45, 7) is 15.2. The summed E-state index contributed by atoms with van der Waals surface area (Å²) >= 11 is 1.64. The average molecular weight is 546 g/mol. The van der Waals surface area contributed by atoms with E-state index in [1.165, 1.54) is 0 Å². The van der Waals surface area contributed by atoms with Crippen molar-refractivity contribution in [1.29, 1.82) is 0 Å². The molecular weight excluding hydrogens is 502 g/mol. The second-order valence-corrected chi connectivity index (χ2v) is 17.2. The van der Waals surface area contributed by atoms with E-state index in [1.54, 1.807) is 18.3 Å². The standard InChI is InChI=1S/C28H43N3O4SSi/c1-20(32)14-17-33-15-9-10-21-19-36-27(29-21)26-23-18-22(35-37(5,6)28(2,3)4)12-13-24(23)31(30-26)25-11-7-8-16-34-25/h12-13,18-20,25,32H,7-11,14-17H2,1-6H3/t20-,25?/m1/s1. The van der Waals surface area contributed by atoms with Gasteiger partial charge in [-0.05, 0) is 81.8 Å². The number of aliphatic hydroxyl groups excluding tert-OH is 1. The number of aromatic nitrogens is 3. The lowest BCUT2D eigenvalue weighted by Crippen LogP contribution is -2.43. The number of rotatable bonds is 11. The van der Waals surface area contributed by atoms with Crippen LogP contribution in [0.5, 0.6) is 5.75 Å². The zero-order valence-corrected chi connectivity index (χ0v) is 25.1. The fourth-order valence-corrected chi connectivity index (χ4v) is 6.04. The van der Waals surface area contributed by atoms with Gasteiger partial charge in [0.05, 0.1) is 17.3 Å². The van der Waals surface area contributed by atoms with Crippen LogP contribution in [0, 0.1) is 0 Å². The van der Waals surface area contributed by atoms with Crippen LogP contribution < -0.4 is 4.43 Å². The summed E-state index contributed by atoms with van der Waals surface area (Å²) < 4.78 is 20.5. The molecule has 7 nitrogen and oxygen atoms in total. The molecule has 0 amide bonds. The maximum Gasteiger partial charge on any atom is 0.250 e. The molecule has 204 valence electrons. The lowest BCUT2D eigenvalue weighted by atomic mass is 10.1. The van der Waals surface area contributed by atoms with Crippen molar-refractivity contribution in [2.45, 2.75) is 96.7 Å². The molecule has 4 rings (SSSR count). The molecule has 0 aliphatic carbocycles. The number of aliphatic hydroxyl groups is 1. The van der Waals surface area contributed by atoms with Crippen molar-refractivity contribution < 1.29 is 19.0 Å². The van der Waals surface area contributed by atoms with Crippen LogP contribution in [0.1, 0.15) is 71.7 Å². The number of ether oxygens (including phenoxy) is 2. The Morgan fingerprint density at radius 3 is 2.76 bits per heavy atom. The highest BCUT2D eigenvalue weighted by Crippen LogP contribution is 2.40. The van der Waals surface area contributed by atoms with E-state index in [0.29, 0.717) is 19.6 Å². The largest absolute Gasteiger partial charge is 0.543 e. The van der Waals surface area contributed by atoms with Gasteiger partial charge < -0.3 is 19.0 Å². The number of thiazole rings is 1. The van der Waals surface area contributed by atoms with E-state index in [1.807, 2.05) is 0 Å². The third-order valence-corrected chi connectivity index (χ3v) is 12.7.